The van der Waals surface area contributed by atoms with Crippen molar-refractivity contribution in [3.8, 4) is 56.0 Å². The van der Waals surface area contributed by atoms with Crippen molar-refractivity contribution in [1.82, 2.24) is 9.97 Å². The molecule has 1 heterocycles. The Morgan fingerprint density at radius 1 is 0.510 bits per heavy atom. The second-order valence-corrected chi connectivity index (χ2v) is 15.7. The lowest BCUT2D eigenvalue weighted by Crippen LogP contribution is -2.18. The first-order valence-corrected chi connectivity index (χ1v) is 17.7. The van der Waals surface area contributed by atoms with Gasteiger partial charge in [0, 0.05) is 27.3 Å². The Balaban J connectivity index is 1.20. The number of benzene rings is 6. The number of aromatic nitrogens is 2. The summed E-state index contributed by atoms with van der Waals surface area (Å²) < 4.78 is 0. The lowest BCUT2D eigenvalue weighted by atomic mass is 9.73. The average molecular weight is 629 g/mol. The molecule has 0 spiro atoms. The molecular weight excluding hydrogens is 593 g/mol. The molecule has 2 atom stereocenters. The number of para-hydroxylation sites is 1. The van der Waals surface area contributed by atoms with Gasteiger partial charge >= 0.3 is 0 Å². The fourth-order valence-electron chi connectivity index (χ4n) is 9.95. The molecule has 0 saturated heterocycles. The zero-order chi connectivity index (χ0) is 32.8. The highest BCUT2D eigenvalue weighted by Gasteiger charge is 2.50. The van der Waals surface area contributed by atoms with E-state index in [0.29, 0.717) is 11.8 Å². The molecule has 0 radical (unpaired) electrons. The zero-order valence-electron chi connectivity index (χ0n) is 28.3. The van der Waals surface area contributed by atoms with Crippen LogP contribution in [0, 0.1) is 0 Å². The molecule has 4 aliphatic carbocycles. The Bertz CT molecular complexity index is 2600. The summed E-state index contributed by atoms with van der Waals surface area (Å²) in [5.74, 6) is 1.97. The predicted octanol–water partition coefficient (Wildman–Crippen LogP) is 11.8. The number of hydrogen-bond donors (Lipinski definition) is 0. The molecule has 0 amide bonds. The van der Waals surface area contributed by atoms with Crippen LogP contribution in [-0.4, -0.2) is 9.97 Å². The van der Waals surface area contributed by atoms with E-state index >= 15 is 0 Å². The Morgan fingerprint density at radius 2 is 1.16 bits per heavy atom. The smallest absolute Gasteiger partial charge is 0.161 e. The molecule has 234 valence electrons. The summed E-state index contributed by atoms with van der Waals surface area (Å²) in [5.41, 5.74) is 20.8. The molecule has 7 aromatic rings. The van der Waals surface area contributed by atoms with Gasteiger partial charge in [0.2, 0.25) is 0 Å². The summed E-state index contributed by atoms with van der Waals surface area (Å²) in [7, 11) is 0. The minimum atomic E-state index is -0.152. The summed E-state index contributed by atoms with van der Waals surface area (Å²) in [4.78, 5) is 11.0. The molecule has 49 heavy (non-hydrogen) atoms. The first-order chi connectivity index (χ1) is 23.8. The molecule has 0 bridgehead atoms. The van der Waals surface area contributed by atoms with Crippen LogP contribution in [0.15, 0.2) is 121 Å². The minimum Gasteiger partial charge on any atom is -0.228 e. The third kappa shape index (κ3) is 3.51. The van der Waals surface area contributed by atoms with Crippen molar-refractivity contribution in [3.63, 3.8) is 0 Å². The van der Waals surface area contributed by atoms with E-state index in [0.717, 1.165) is 33.5 Å². The van der Waals surface area contributed by atoms with Gasteiger partial charge in [0.15, 0.2) is 5.82 Å². The van der Waals surface area contributed by atoms with Gasteiger partial charge in [-0.3, -0.25) is 0 Å². The zero-order valence-corrected chi connectivity index (χ0v) is 28.3. The van der Waals surface area contributed by atoms with Gasteiger partial charge in [-0.05, 0) is 103 Å². The van der Waals surface area contributed by atoms with E-state index in [1.54, 1.807) is 0 Å². The maximum Gasteiger partial charge on any atom is 0.161 e. The van der Waals surface area contributed by atoms with E-state index in [1.165, 1.54) is 73.2 Å². The van der Waals surface area contributed by atoms with Gasteiger partial charge in [0.1, 0.15) is 0 Å². The van der Waals surface area contributed by atoms with Crippen LogP contribution in [0.4, 0.5) is 0 Å². The first kappa shape index (κ1) is 27.6. The highest BCUT2D eigenvalue weighted by molar-refractivity contribution is 6.01. The Hall–Kier alpha value is -5.34. The Kier molecular flexibility index (Phi) is 5.19. The molecule has 2 heteroatoms. The van der Waals surface area contributed by atoms with Crippen LogP contribution in [0.5, 0.6) is 0 Å². The van der Waals surface area contributed by atoms with Crippen molar-refractivity contribution in [2.24, 2.45) is 0 Å². The second-order valence-electron chi connectivity index (χ2n) is 15.7. The Morgan fingerprint density at radius 3 is 2.00 bits per heavy atom. The quantitative estimate of drug-likeness (QED) is 0.190. The van der Waals surface area contributed by atoms with Crippen molar-refractivity contribution >= 4 is 10.9 Å². The van der Waals surface area contributed by atoms with E-state index in [4.69, 9.17) is 9.97 Å². The van der Waals surface area contributed by atoms with Crippen molar-refractivity contribution < 1.29 is 0 Å². The fourth-order valence-corrected chi connectivity index (χ4v) is 9.95. The van der Waals surface area contributed by atoms with Gasteiger partial charge < -0.3 is 0 Å². The highest BCUT2D eigenvalue weighted by atomic mass is 14.9. The number of nitrogens with zero attached hydrogens (tertiary/aromatic N) is 2. The van der Waals surface area contributed by atoms with Crippen LogP contribution in [0.2, 0.25) is 0 Å². The number of fused-ring (bicyclic) bond motifs is 14. The summed E-state index contributed by atoms with van der Waals surface area (Å²) in [6, 6.07) is 45.1. The van der Waals surface area contributed by atoms with E-state index in [9.17, 15) is 0 Å². The summed E-state index contributed by atoms with van der Waals surface area (Å²) in [6.45, 7) is 9.54. The Labute approximate surface area is 287 Å². The van der Waals surface area contributed by atoms with E-state index < -0.39 is 0 Å². The van der Waals surface area contributed by atoms with Crippen molar-refractivity contribution in [2.75, 3.05) is 0 Å². The number of hydrogen-bond acceptors (Lipinski definition) is 2. The molecular formula is C47H36N2. The van der Waals surface area contributed by atoms with Crippen LogP contribution in [0.1, 0.15) is 79.3 Å². The molecule has 0 N–H and O–H groups in total. The highest BCUT2D eigenvalue weighted by Crippen LogP contribution is 2.66. The van der Waals surface area contributed by atoms with Crippen LogP contribution in [0.3, 0.4) is 0 Å². The standard InChI is InChI=1S/C47H36N2/c1-46(2)37-18-10-7-14-28(37)29-22-21-26(23-39(29)46)44-32-17-9-12-20-40(32)48-45(49-44)36-25-35-34-24-33(34)27-13-5-6-15-30(27)41(35)43-42(36)31-16-8-11-19-38(31)47(43,3)4/h5-23,25,33-34H,24H2,1-4H3. The maximum atomic E-state index is 5.58. The lowest BCUT2D eigenvalue weighted by Gasteiger charge is -2.30. The molecule has 4 aliphatic rings. The molecule has 0 aliphatic heterocycles. The summed E-state index contributed by atoms with van der Waals surface area (Å²) in [5, 5.41) is 1.09. The molecule has 2 nitrogen and oxygen atoms in total. The topological polar surface area (TPSA) is 25.8 Å². The maximum absolute atomic E-state index is 5.58. The summed E-state index contributed by atoms with van der Waals surface area (Å²) in [6.07, 6.45) is 1.22. The van der Waals surface area contributed by atoms with E-state index in [1.807, 2.05) is 0 Å². The van der Waals surface area contributed by atoms with Crippen LogP contribution < -0.4 is 0 Å². The van der Waals surface area contributed by atoms with Gasteiger partial charge in [-0.2, -0.15) is 0 Å². The minimum absolute atomic E-state index is 0.0840. The van der Waals surface area contributed by atoms with Crippen LogP contribution in [0.25, 0.3) is 66.9 Å². The van der Waals surface area contributed by atoms with Gasteiger partial charge in [-0.15, -0.1) is 0 Å². The van der Waals surface area contributed by atoms with Gasteiger partial charge in [0.25, 0.3) is 0 Å². The number of rotatable bonds is 2. The van der Waals surface area contributed by atoms with Crippen molar-refractivity contribution in [1.29, 1.82) is 0 Å². The predicted molar refractivity (Wildman–Crippen MR) is 201 cm³/mol. The van der Waals surface area contributed by atoms with Crippen molar-refractivity contribution in [2.45, 2.75) is 56.8 Å². The van der Waals surface area contributed by atoms with Crippen LogP contribution in [-0.2, 0) is 10.8 Å². The van der Waals surface area contributed by atoms with Crippen molar-refractivity contribution in [3.05, 3.63) is 155 Å². The average Bonchev–Trinajstić information content (AvgIpc) is 3.86. The monoisotopic (exact) mass is 628 g/mol. The van der Waals surface area contributed by atoms with Gasteiger partial charge in [-0.25, -0.2) is 9.97 Å². The third-order valence-corrected chi connectivity index (χ3v) is 12.4. The largest absolute Gasteiger partial charge is 0.228 e. The molecule has 11 rings (SSSR count). The van der Waals surface area contributed by atoms with Gasteiger partial charge in [0.05, 0.1) is 11.2 Å². The molecule has 1 aromatic heterocycles. The summed E-state index contributed by atoms with van der Waals surface area (Å²) >= 11 is 0. The third-order valence-electron chi connectivity index (χ3n) is 12.4. The van der Waals surface area contributed by atoms with E-state index in [-0.39, 0.29) is 10.8 Å². The molecule has 2 unspecified atom stereocenters. The second kappa shape index (κ2) is 9.21. The molecule has 6 aromatic carbocycles. The fraction of sp³-hybridized carbons (Fsp3) is 0.191. The SMILES string of the molecule is CC1(C)c2ccccc2-c2ccc(-c3nc(-c4cc5c(c6c4-c4ccccc4C6(C)C)-c4ccccc4C4CC54)nc4ccccc34)cc21. The van der Waals surface area contributed by atoms with Gasteiger partial charge in [-0.1, -0.05) is 131 Å². The molecule has 1 saturated carbocycles. The van der Waals surface area contributed by atoms with Crippen LogP contribution >= 0.6 is 0 Å². The van der Waals surface area contributed by atoms with E-state index in [2.05, 4.69) is 149 Å². The normalized spacial score (nSPS) is 19.3. The first-order valence-electron chi connectivity index (χ1n) is 17.7. The molecule has 1 fully saturated rings. The lowest BCUT2D eigenvalue weighted by molar-refractivity contribution is 0.660.